The molecule has 1 fully saturated rings. The number of nitrogens with zero attached hydrogens (tertiary/aromatic N) is 1. The molecule has 5 heteroatoms. The van der Waals surface area contributed by atoms with Crippen LogP contribution < -0.4 is 0 Å². The van der Waals surface area contributed by atoms with E-state index in [-0.39, 0.29) is 11.9 Å². The second-order valence-electron chi connectivity index (χ2n) is 4.05. The van der Waals surface area contributed by atoms with Crippen molar-refractivity contribution in [3.05, 3.63) is 33.3 Å². The minimum absolute atomic E-state index is 0.0316. The lowest BCUT2D eigenvalue weighted by atomic mass is 10.1. The zero-order valence-corrected chi connectivity index (χ0v) is 12.6. The van der Waals surface area contributed by atoms with Gasteiger partial charge in [0.2, 0.25) is 0 Å². The molecule has 1 unspecified atom stereocenters. The molecule has 1 amide bonds. The molecule has 2 nitrogen and oxygen atoms in total. The van der Waals surface area contributed by atoms with Gasteiger partial charge in [-0.2, -0.15) is 11.8 Å². The topological polar surface area (TPSA) is 20.3 Å². The Balaban J connectivity index is 2.26. The molecule has 2 rings (SSSR count). The first-order valence-corrected chi connectivity index (χ1v) is 7.76. The van der Waals surface area contributed by atoms with Gasteiger partial charge in [0.1, 0.15) is 0 Å². The van der Waals surface area contributed by atoms with Crippen LogP contribution in [-0.4, -0.2) is 34.9 Å². The van der Waals surface area contributed by atoms with E-state index in [1.54, 1.807) is 12.1 Å². The normalized spacial score (nSPS) is 20.4. The van der Waals surface area contributed by atoms with E-state index in [1.807, 2.05) is 22.7 Å². The van der Waals surface area contributed by atoms with Crippen LogP contribution in [0.4, 0.5) is 0 Å². The lowest BCUT2D eigenvalue weighted by Gasteiger charge is -2.33. The maximum absolute atomic E-state index is 12.4. The standard InChI is InChI=1S/C12H13BrClNOS/c1-8-7-17-5-4-15(8)12(16)10-6-9(13)2-3-11(10)14/h2-3,6,8H,4-5,7H2,1H3. The van der Waals surface area contributed by atoms with Gasteiger partial charge in [-0.25, -0.2) is 0 Å². The summed E-state index contributed by atoms with van der Waals surface area (Å²) in [4.78, 5) is 14.3. The fourth-order valence-corrected chi connectivity index (χ4v) is 3.42. The molecule has 0 N–H and O–H groups in total. The van der Waals surface area contributed by atoms with Gasteiger partial charge in [0.15, 0.2) is 0 Å². The first-order chi connectivity index (χ1) is 8.09. The van der Waals surface area contributed by atoms with E-state index >= 15 is 0 Å². The van der Waals surface area contributed by atoms with Gasteiger partial charge < -0.3 is 4.90 Å². The average Bonchev–Trinajstić information content (AvgIpc) is 2.32. The van der Waals surface area contributed by atoms with Crippen molar-refractivity contribution in [2.45, 2.75) is 13.0 Å². The Kier molecular flexibility index (Phi) is 4.39. The van der Waals surface area contributed by atoms with Crippen LogP contribution in [0.3, 0.4) is 0 Å². The SMILES string of the molecule is CC1CSCCN1C(=O)c1cc(Br)ccc1Cl. The molecule has 17 heavy (non-hydrogen) atoms. The minimum Gasteiger partial charge on any atom is -0.334 e. The molecule has 0 spiro atoms. The van der Waals surface area contributed by atoms with Crippen molar-refractivity contribution >= 4 is 45.2 Å². The number of carbonyl (C=O) groups is 1. The predicted octanol–water partition coefficient (Wildman–Crippen LogP) is 3.68. The number of halogens is 2. The van der Waals surface area contributed by atoms with E-state index in [1.165, 1.54) is 0 Å². The van der Waals surface area contributed by atoms with Crippen LogP contribution in [0.15, 0.2) is 22.7 Å². The molecule has 1 aliphatic heterocycles. The van der Waals surface area contributed by atoms with Crippen LogP contribution >= 0.6 is 39.3 Å². The van der Waals surface area contributed by atoms with Gasteiger partial charge in [-0.3, -0.25) is 4.79 Å². The second-order valence-corrected chi connectivity index (χ2v) is 6.52. The highest BCUT2D eigenvalue weighted by Crippen LogP contribution is 2.25. The number of amides is 1. The average molecular weight is 335 g/mol. The highest BCUT2D eigenvalue weighted by molar-refractivity contribution is 9.10. The number of rotatable bonds is 1. The van der Waals surface area contributed by atoms with E-state index in [2.05, 4.69) is 22.9 Å². The lowest BCUT2D eigenvalue weighted by Crippen LogP contribution is -2.44. The molecule has 92 valence electrons. The fourth-order valence-electron chi connectivity index (χ4n) is 1.84. The molecule has 1 saturated heterocycles. The number of carbonyl (C=O) groups excluding carboxylic acids is 1. The lowest BCUT2D eigenvalue weighted by molar-refractivity contribution is 0.0716. The zero-order valence-electron chi connectivity index (χ0n) is 9.45. The molecule has 1 aromatic carbocycles. The van der Waals surface area contributed by atoms with Crippen LogP contribution in [0.5, 0.6) is 0 Å². The first kappa shape index (κ1) is 13.2. The van der Waals surface area contributed by atoms with Crippen molar-refractivity contribution in [3.63, 3.8) is 0 Å². The number of hydrogen-bond acceptors (Lipinski definition) is 2. The predicted molar refractivity (Wildman–Crippen MR) is 77.0 cm³/mol. The summed E-state index contributed by atoms with van der Waals surface area (Å²) < 4.78 is 0.879. The monoisotopic (exact) mass is 333 g/mol. The molecule has 0 aromatic heterocycles. The van der Waals surface area contributed by atoms with Crippen molar-refractivity contribution in [2.24, 2.45) is 0 Å². The summed E-state index contributed by atoms with van der Waals surface area (Å²) in [6.45, 7) is 2.88. The Bertz CT molecular complexity index is 441. The van der Waals surface area contributed by atoms with Crippen molar-refractivity contribution in [2.75, 3.05) is 18.1 Å². The summed E-state index contributed by atoms with van der Waals surface area (Å²) >= 11 is 11.3. The van der Waals surface area contributed by atoms with Crippen molar-refractivity contribution in [3.8, 4) is 0 Å². The molecule has 0 saturated carbocycles. The summed E-state index contributed by atoms with van der Waals surface area (Å²) in [6.07, 6.45) is 0. The summed E-state index contributed by atoms with van der Waals surface area (Å²) in [6, 6.07) is 5.66. The zero-order chi connectivity index (χ0) is 12.4. The Morgan fingerprint density at radius 3 is 3.06 bits per heavy atom. The van der Waals surface area contributed by atoms with E-state index in [4.69, 9.17) is 11.6 Å². The molecule has 1 aliphatic rings. The van der Waals surface area contributed by atoms with Gasteiger partial charge in [0, 0.05) is 28.6 Å². The van der Waals surface area contributed by atoms with Crippen molar-refractivity contribution < 1.29 is 4.79 Å². The smallest absolute Gasteiger partial charge is 0.255 e. The second kappa shape index (κ2) is 5.63. The molecule has 1 aromatic rings. The van der Waals surface area contributed by atoms with Crippen molar-refractivity contribution in [1.82, 2.24) is 4.90 Å². The minimum atomic E-state index is 0.0316. The maximum Gasteiger partial charge on any atom is 0.255 e. The van der Waals surface area contributed by atoms with E-state index in [0.717, 1.165) is 22.5 Å². The largest absolute Gasteiger partial charge is 0.334 e. The number of hydrogen-bond donors (Lipinski definition) is 0. The van der Waals surface area contributed by atoms with Gasteiger partial charge in [0.05, 0.1) is 10.6 Å². The summed E-state index contributed by atoms with van der Waals surface area (Å²) in [5, 5.41) is 0.517. The summed E-state index contributed by atoms with van der Waals surface area (Å²) in [5.74, 6) is 2.03. The van der Waals surface area contributed by atoms with Crippen LogP contribution in [0.25, 0.3) is 0 Å². The van der Waals surface area contributed by atoms with E-state index in [9.17, 15) is 4.79 Å². The fraction of sp³-hybridized carbons (Fsp3) is 0.417. The van der Waals surface area contributed by atoms with Crippen LogP contribution in [0, 0.1) is 0 Å². The summed E-state index contributed by atoms with van der Waals surface area (Å²) in [5.41, 5.74) is 0.583. The highest BCUT2D eigenvalue weighted by atomic mass is 79.9. The Hall–Kier alpha value is -0.190. The van der Waals surface area contributed by atoms with E-state index in [0.29, 0.717) is 10.6 Å². The molecule has 1 heterocycles. The third-order valence-electron chi connectivity index (χ3n) is 2.79. The van der Waals surface area contributed by atoms with Gasteiger partial charge in [-0.1, -0.05) is 27.5 Å². The molecule has 1 atom stereocenters. The van der Waals surface area contributed by atoms with E-state index < -0.39 is 0 Å². The Morgan fingerprint density at radius 2 is 2.35 bits per heavy atom. The van der Waals surface area contributed by atoms with Gasteiger partial charge in [0.25, 0.3) is 5.91 Å². The van der Waals surface area contributed by atoms with Gasteiger partial charge in [-0.15, -0.1) is 0 Å². The molecule has 0 radical (unpaired) electrons. The first-order valence-electron chi connectivity index (χ1n) is 5.43. The molecule has 0 aliphatic carbocycles. The van der Waals surface area contributed by atoms with Gasteiger partial charge in [-0.05, 0) is 25.1 Å². The van der Waals surface area contributed by atoms with Crippen LogP contribution in [0.1, 0.15) is 17.3 Å². The number of thioether (sulfide) groups is 1. The highest BCUT2D eigenvalue weighted by Gasteiger charge is 2.25. The third kappa shape index (κ3) is 2.98. The Labute approximate surface area is 119 Å². The molecular weight excluding hydrogens is 322 g/mol. The third-order valence-corrected chi connectivity index (χ3v) is 4.80. The summed E-state index contributed by atoms with van der Waals surface area (Å²) in [7, 11) is 0. The Morgan fingerprint density at radius 1 is 1.59 bits per heavy atom. The van der Waals surface area contributed by atoms with Gasteiger partial charge >= 0.3 is 0 Å². The molecular formula is C12H13BrClNOS. The quantitative estimate of drug-likeness (QED) is 0.781. The maximum atomic E-state index is 12.4. The number of benzene rings is 1. The molecule has 0 bridgehead atoms. The van der Waals surface area contributed by atoms with Crippen LogP contribution in [0.2, 0.25) is 5.02 Å². The van der Waals surface area contributed by atoms with Crippen LogP contribution in [-0.2, 0) is 0 Å². The van der Waals surface area contributed by atoms with Crippen molar-refractivity contribution in [1.29, 1.82) is 0 Å².